The van der Waals surface area contributed by atoms with Crippen LogP contribution in [0.15, 0.2) is 42.0 Å². The van der Waals surface area contributed by atoms with E-state index in [1.807, 2.05) is 13.2 Å². The van der Waals surface area contributed by atoms with Crippen molar-refractivity contribution >= 4 is 34.9 Å². The van der Waals surface area contributed by atoms with E-state index in [4.69, 9.17) is 0 Å². The van der Waals surface area contributed by atoms with Crippen molar-refractivity contribution in [2.45, 2.75) is 6.54 Å². The number of rotatable bonds is 5. The van der Waals surface area contributed by atoms with E-state index in [0.29, 0.717) is 16.4 Å². The molecule has 1 aliphatic heterocycles. The molecule has 142 valence electrons. The fourth-order valence-electron chi connectivity index (χ4n) is 2.78. The van der Waals surface area contributed by atoms with E-state index in [1.54, 1.807) is 40.5 Å². The summed E-state index contributed by atoms with van der Waals surface area (Å²) in [5.41, 5.74) is 2.45. The van der Waals surface area contributed by atoms with Gasteiger partial charge in [0.2, 0.25) is 5.91 Å². The van der Waals surface area contributed by atoms with Crippen LogP contribution < -0.4 is 10.6 Å². The van der Waals surface area contributed by atoms with Gasteiger partial charge in [-0.15, -0.1) is 11.3 Å². The minimum Gasteiger partial charge on any atom is -0.329 e. The van der Waals surface area contributed by atoms with Gasteiger partial charge in [-0.25, -0.2) is 9.78 Å². The summed E-state index contributed by atoms with van der Waals surface area (Å²) in [7, 11) is 1.82. The van der Waals surface area contributed by atoms with E-state index >= 15 is 0 Å². The zero-order valence-electron chi connectivity index (χ0n) is 14.9. The molecule has 4 rings (SSSR count). The highest BCUT2D eigenvalue weighted by molar-refractivity contribution is 7.13. The smallest absolute Gasteiger partial charge is 0.324 e. The zero-order valence-corrected chi connectivity index (χ0v) is 15.7. The molecule has 1 aromatic carbocycles. The number of anilines is 1. The number of hydrogen-bond donors (Lipinski definition) is 2. The van der Waals surface area contributed by atoms with Gasteiger partial charge in [-0.05, 0) is 17.7 Å². The van der Waals surface area contributed by atoms with Crippen LogP contribution in [0.1, 0.15) is 16.1 Å². The van der Waals surface area contributed by atoms with Crippen LogP contribution in [0, 0.1) is 0 Å². The van der Waals surface area contributed by atoms with Gasteiger partial charge < -0.3 is 10.6 Å². The summed E-state index contributed by atoms with van der Waals surface area (Å²) in [4.78, 5) is 41.4. The number of urea groups is 1. The van der Waals surface area contributed by atoms with Gasteiger partial charge in [-0.1, -0.05) is 12.1 Å². The molecule has 1 aliphatic rings. The fraction of sp³-hybridized carbons (Fsp3) is 0.167. The monoisotopic (exact) mass is 396 g/mol. The van der Waals surface area contributed by atoms with E-state index < -0.39 is 6.03 Å². The molecule has 0 radical (unpaired) electrons. The van der Waals surface area contributed by atoms with Gasteiger partial charge in [-0.2, -0.15) is 5.10 Å². The van der Waals surface area contributed by atoms with Gasteiger partial charge in [0.1, 0.15) is 10.7 Å². The molecule has 2 N–H and O–H groups in total. The summed E-state index contributed by atoms with van der Waals surface area (Å²) in [6.45, 7) is 0.161. The molecule has 0 bridgehead atoms. The molecule has 0 saturated carbocycles. The van der Waals surface area contributed by atoms with Crippen LogP contribution in [0.4, 0.5) is 10.5 Å². The van der Waals surface area contributed by atoms with Crippen LogP contribution in [0.5, 0.6) is 0 Å². The van der Waals surface area contributed by atoms with E-state index in [1.165, 1.54) is 11.3 Å². The van der Waals surface area contributed by atoms with Gasteiger partial charge in [0.25, 0.3) is 5.91 Å². The Labute approximate surface area is 164 Å². The molecule has 3 heterocycles. The predicted octanol–water partition coefficient (Wildman–Crippen LogP) is 1.85. The first kappa shape index (κ1) is 17.9. The number of carbonyl (C=O) groups excluding carboxylic acids is 3. The molecule has 1 fully saturated rings. The minimum atomic E-state index is -0.412. The third kappa shape index (κ3) is 3.62. The summed E-state index contributed by atoms with van der Waals surface area (Å²) in [5.74, 6) is -0.608. The first-order chi connectivity index (χ1) is 13.5. The second-order valence-corrected chi connectivity index (χ2v) is 7.09. The van der Waals surface area contributed by atoms with Gasteiger partial charge in [0.05, 0.1) is 19.3 Å². The zero-order chi connectivity index (χ0) is 19.7. The van der Waals surface area contributed by atoms with Crippen molar-refractivity contribution in [3.63, 3.8) is 0 Å². The lowest BCUT2D eigenvalue weighted by molar-refractivity contribution is -0.125. The molecule has 0 atom stereocenters. The molecule has 0 spiro atoms. The fourth-order valence-corrected chi connectivity index (χ4v) is 3.56. The number of nitrogens with zero attached hydrogens (tertiary/aromatic N) is 4. The van der Waals surface area contributed by atoms with Crippen LogP contribution in [-0.2, 0) is 18.4 Å². The van der Waals surface area contributed by atoms with Crippen LogP contribution in [0.2, 0.25) is 0 Å². The average molecular weight is 396 g/mol. The molecule has 4 amide bonds. The Balaban J connectivity index is 1.45. The molecule has 3 aromatic rings. The largest absolute Gasteiger partial charge is 0.329 e. The van der Waals surface area contributed by atoms with Crippen LogP contribution in [0.25, 0.3) is 10.6 Å². The first-order valence-electron chi connectivity index (χ1n) is 8.42. The molecule has 9 nitrogen and oxygen atoms in total. The molecular weight excluding hydrogens is 380 g/mol. The quantitative estimate of drug-likeness (QED) is 0.640. The summed E-state index contributed by atoms with van der Waals surface area (Å²) < 4.78 is 1.67. The number of imide groups is 1. The van der Waals surface area contributed by atoms with Gasteiger partial charge in [0.15, 0.2) is 0 Å². The lowest BCUT2D eigenvalue weighted by atomic mass is 10.2. The number of aromatic nitrogens is 3. The Morgan fingerprint density at radius 3 is 2.93 bits per heavy atom. The molecule has 0 aliphatic carbocycles. The Hall–Kier alpha value is -3.53. The Morgan fingerprint density at radius 2 is 2.21 bits per heavy atom. The van der Waals surface area contributed by atoms with E-state index in [2.05, 4.69) is 20.7 Å². The number of benzene rings is 1. The SMILES string of the molecule is Cn1cc(-c2nc(C(=O)Nc3cccc(CN4C(=O)CNC4=O)c3)cs2)cn1. The second-order valence-electron chi connectivity index (χ2n) is 6.23. The molecule has 28 heavy (non-hydrogen) atoms. The van der Waals surface area contributed by atoms with Crippen molar-refractivity contribution in [3.8, 4) is 10.6 Å². The molecule has 10 heteroatoms. The van der Waals surface area contributed by atoms with E-state index in [9.17, 15) is 14.4 Å². The minimum absolute atomic E-state index is 0.0123. The molecule has 1 saturated heterocycles. The average Bonchev–Trinajstić information content (AvgIpc) is 3.39. The molecule has 0 unspecified atom stereocenters. The third-order valence-electron chi connectivity index (χ3n) is 4.15. The van der Waals surface area contributed by atoms with E-state index in [0.717, 1.165) is 16.0 Å². The number of hydrogen-bond acceptors (Lipinski definition) is 6. The van der Waals surface area contributed by atoms with Crippen molar-refractivity contribution in [2.24, 2.45) is 7.05 Å². The lowest BCUT2D eigenvalue weighted by Gasteiger charge is -2.13. The summed E-state index contributed by atoms with van der Waals surface area (Å²) >= 11 is 1.37. The molecule has 2 aromatic heterocycles. The van der Waals surface area contributed by atoms with Gasteiger partial charge in [0, 0.05) is 29.9 Å². The number of thiazole rings is 1. The maximum absolute atomic E-state index is 12.5. The summed E-state index contributed by atoms with van der Waals surface area (Å²) in [6, 6.07) is 6.60. The highest BCUT2D eigenvalue weighted by Crippen LogP contribution is 2.23. The maximum Gasteiger partial charge on any atom is 0.324 e. The number of nitrogens with one attached hydrogen (secondary N) is 2. The normalized spacial score (nSPS) is 13.7. The number of amides is 4. The van der Waals surface area contributed by atoms with Crippen LogP contribution in [0.3, 0.4) is 0 Å². The van der Waals surface area contributed by atoms with Crippen LogP contribution in [-0.4, -0.2) is 44.1 Å². The number of aryl methyl sites for hydroxylation is 1. The highest BCUT2D eigenvalue weighted by Gasteiger charge is 2.28. The van der Waals surface area contributed by atoms with Crippen molar-refractivity contribution in [2.75, 3.05) is 11.9 Å². The maximum atomic E-state index is 12.5. The van der Waals surface area contributed by atoms with Crippen molar-refractivity contribution in [3.05, 3.63) is 53.3 Å². The second kappa shape index (κ2) is 7.24. The lowest BCUT2D eigenvalue weighted by Crippen LogP contribution is -2.30. The van der Waals surface area contributed by atoms with Crippen molar-refractivity contribution in [1.29, 1.82) is 0 Å². The van der Waals surface area contributed by atoms with E-state index in [-0.39, 0.29) is 24.9 Å². The summed E-state index contributed by atoms with van der Waals surface area (Å²) in [5, 5.41) is 11.8. The standard InChI is InChI=1S/C18H16N6O3S/c1-23-9-12(6-20-23)17-22-14(10-28-17)16(26)21-13-4-2-3-11(5-13)8-24-15(25)7-19-18(24)27/h2-6,9-10H,7-8H2,1H3,(H,19,27)(H,21,26). The summed E-state index contributed by atoms with van der Waals surface area (Å²) in [6.07, 6.45) is 3.53. The Bertz CT molecular complexity index is 1060. The Kier molecular flexibility index (Phi) is 4.62. The van der Waals surface area contributed by atoms with Crippen molar-refractivity contribution in [1.82, 2.24) is 25.0 Å². The predicted molar refractivity (Wildman–Crippen MR) is 103 cm³/mol. The van der Waals surface area contributed by atoms with Gasteiger partial charge >= 0.3 is 6.03 Å². The van der Waals surface area contributed by atoms with Crippen LogP contribution >= 0.6 is 11.3 Å². The highest BCUT2D eigenvalue weighted by atomic mass is 32.1. The van der Waals surface area contributed by atoms with Crippen molar-refractivity contribution < 1.29 is 14.4 Å². The molecular formula is C18H16N6O3S. The number of carbonyl (C=O) groups is 3. The Morgan fingerprint density at radius 1 is 1.36 bits per heavy atom. The third-order valence-corrected chi connectivity index (χ3v) is 5.04. The topological polar surface area (TPSA) is 109 Å². The first-order valence-corrected chi connectivity index (χ1v) is 9.30. The van der Waals surface area contributed by atoms with Gasteiger partial charge in [-0.3, -0.25) is 19.2 Å².